The molecule has 7 nitrogen and oxygen atoms in total. The molecule has 0 fully saturated rings. The zero-order valence-electron chi connectivity index (χ0n) is 5.58. The quantitative estimate of drug-likeness (QED) is 0.254. The minimum atomic E-state index is 0. The van der Waals surface area contributed by atoms with Gasteiger partial charge < -0.3 is 38.3 Å². The molecule has 0 aliphatic carbocycles. The van der Waals surface area contributed by atoms with Crippen molar-refractivity contribution in [3.05, 3.63) is 0 Å². The van der Waals surface area contributed by atoms with Crippen molar-refractivity contribution < 1.29 is 152 Å². The monoisotopic (exact) mass is 829 g/mol. The molecule has 0 saturated heterocycles. The normalized spacial score (nSPS) is 0. The van der Waals surface area contributed by atoms with Crippen LogP contribution in [0.4, 0.5) is 0 Å². The van der Waals surface area contributed by atoms with E-state index < -0.39 is 0 Å². The second-order valence-electron chi connectivity index (χ2n) is 0. The number of hydrogen-bond donors (Lipinski definition) is 0. The zero-order valence-corrected chi connectivity index (χ0v) is 20.9. The van der Waals surface area contributed by atoms with E-state index in [1.165, 1.54) is 0 Å². The van der Waals surface area contributed by atoms with Gasteiger partial charge in [-0.15, -0.1) is 0 Å². The summed E-state index contributed by atoms with van der Waals surface area (Å²) in [6, 6.07) is 0. The third kappa shape index (κ3) is 118. The van der Waals surface area contributed by atoms with Crippen molar-refractivity contribution in [3.63, 3.8) is 0 Å². The van der Waals surface area contributed by atoms with E-state index in [1.54, 1.807) is 0 Å². The van der Waals surface area contributed by atoms with E-state index in [2.05, 4.69) is 0 Å². The Hall–Kier alpha value is 6.55. The van der Waals surface area contributed by atoms with Crippen LogP contribution >= 0.6 is 0 Å². The van der Waals surface area contributed by atoms with Crippen molar-refractivity contribution in [2.75, 3.05) is 0 Å². The topological polar surface area (TPSA) is 200 Å². The SMILES string of the molecule is [Ba+2].[Ba+2].[Cu+2].[Cu+2].[Gd+3].[Gd+3].[O-2].[O-2].[O-2].[O-2].[O-2].[O-2].[O-2]. The molecule has 0 amide bonds. The van der Waals surface area contributed by atoms with Crippen LogP contribution in [0.3, 0.4) is 0 Å². The molecule has 0 rings (SSSR count). The average molecular weight is 828 g/mol. The second kappa shape index (κ2) is 133. The molecule has 0 spiro atoms. The Morgan fingerprint density at radius 2 is 0.308 bits per heavy atom. The van der Waals surface area contributed by atoms with Crippen LogP contribution in [0.25, 0.3) is 0 Å². The fourth-order valence-corrected chi connectivity index (χ4v) is 0. The maximum Gasteiger partial charge on any atom is 3.00 e. The molecule has 84 valence electrons. The van der Waals surface area contributed by atoms with Gasteiger partial charge in [0.15, 0.2) is 0 Å². The van der Waals surface area contributed by atoms with Crippen molar-refractivity contribution in [1.29, 1.82) is 0 Å². The molecule has 0 aliphatic rings. The minimum Gasteiger partial charge on any atom is -2.00 e. The molecule has 0 atom stereocenters. The van der Waals surface area contributed by atoms with Crippen LogP contribution in [0.1, 0.15) is 0 Å². The van der Waals surface area contributed by atoms with Gasteiger partial charge in [0.2, 0.25) is 0 Å². The first-order chi connectivity index (χ1) is 0. The van der Waals surface area contributed by atoms with Crippen LogP contribution < -0.4 is 0 Å². The Balaban J connectivity index is 0. The number of rotatable bonds is 0. The minimum absolute atomic E-state index is 0. The Morgan fingerprint density at radius 1 is 0.308 bits per heavy atom. The molecule has 13 heteroatoms. The molecule has 0 aromatic rings. The maximum atomic E-state index is 0. The van der Waals surface area contributed by atoms with E-state index in [-0.39, 0.29) is 250 Å². The molecule has 0 N–H and O–H groups in total. The van der Waals surface area contributed by atoms with E-state index in [4.69, 9.17) is 0 Å². The summed E-state index contributed by atoms with van der Waals surface area (Å²) in [5.41, 5.74) is 0. The molecule has 0 aromatic heterocycles. The summed E-state index contributed by atoms with van der Waals surface area (Å²) in [5, 5.41) is 0. The Kier molecular flexibility index (Phi) is 1610. The van der Waals surface area contributed by atoms with E-state index in [9.17, 15) is 0 Å². The average Bonchev–Trinajstić information content (AvgIpc) is 0. The van der Waals surface area contributed by atoms with E-state index >= 15 is 0 Å². The van der Waals surface area contributed by atoms with Crippen LogP contribution in [0.15, 0.2) is 0 Å². The predicted molar refractivity (Wildman–Crippen MR) is 16.3 cm³/mol. The Morgan fingerprint density at radius 3 is 0.308 bits per heavy atom. The van der Waals surface area contributed by atoms with Gasteiger partial charge in [0.05, 0.1) is 0 Å². The third-order valence-corrected chi connectivity index (χ3v) is 0. The Bertz CT molecular complexity index is 22.5. The van der Waals surface area contributed by atoms with Gasteiger partial charge in [0, 0.05) is 0 Å². The smallest absolute Gasteiger partial charge is 2.00 e. The van der Waals surface area contributed by atoms with Gasteiger partial charge in [-0.25, -0.2) is 0 Å². The maximum absolute atomic E-state index is 0. The van der Waals surface area contributed by atoms with Crippen molar-refractivity contribution in [3.8, 4) is 0 Å². The Labute approximate surface area is 242 Å². The summed E-state index contributed by atoms with van der Waals surface area (Å²) in [7, 11) is 0. The molecular formula is Ba2Cu2Gd2O7. The molecule has 0 unspecified atom stereocenters. The summed E-state index contributed by atoms with van der Waals surface area (Å²) in [6.07, 6.45) is 0. The van der Waals surface area contributed by atoms with Crippen LogP contribution in [0.5, 0.6) is 0 Å². The van der Waals surface area contributed by atoms with Gasteiger partial charge in [-0.2, -0.15) is 0 Å². The molecule has 4 radical (unpaired) electrons. The van der Waals surface area contributed by atoms with Gasteiger partial charge >= 0.3 is 212 Å². The van der Waals surface area contributed by atoms with Gasteiger partial charge in [-0.1, -0.05) is 0 Å². The standard InChI is InChI=1S/2Ba.2Cu.2Gd.7O/q4*+2;2*+3;7*-2. The summed E-state index contributed by atoms with van der Waals surface area (Å²) < 4.78 is 0. The predicted octanol–water partition coefficient (Wildman–Crippen LogP) is -1.60. The first kappa shape index (κ1) is 157. The first-order valence-electron chi connectivity index (χ1n) is 0. The van der Waals surface area contributed by atoms with Crippen LogP contribution in [-0.4, -0.2) is 97.8 Å². The van der Waals surface area contributed by atoms with Crippen molar-refractivity contribution in [2.24, 2.45) is 0 Å². The molecule has 0 aromatic carbocycles. The van der Waals surface area contributed by atoms with E-state index in [0.717, 1.165) is 0 Å². The summed E-state index contributed by atoms with van der Waals surface area (Å²) in [5.74, 6) is 0. The zero-order chi connectivity index (χ0) is 0. The van der Waals surface area contributed by atoms with Crippen LogP contribution in [0, 0.1) is 79.9 Å². The van der Waals surface area contributed by atoms with Gasteiger partial charge in [0.25, 0.3) is 0 Å². The van der Waals surface area contributed by atoms with Gasteiger partial charge in [0.1, 0.15) is 0 Å². The molecule has 0 heterocycles. The first-order valence-corrected chi connectivity index (χ1v) is 0. The third-order valence-electron chi connectivity index (χ3n) is 0. The number of hydrogen-bond acceptors (Lipinski definition) is 0. The van der Waals surface area contributed by atoms with E-state index in [0.29, 0.717) is 0 Å². The fraction of sp³-hybridized carbons (Fsp3) is 0. The van der Waals surface area contributed by atoms with Gasteiger partial charge in [-0.05, 0) is 0 Å². The van der Waals surface area contributed by atoms with Crippen LogP contribution in [0.2, 0.25) is 0 Å². The van der Waals surface area contributed by atoms with Gasteiger partial charge in [-0.3, -0.25) is 0 Å². The molecule has 0 saturated carbocycles. The molecular weight excluding hydrogens is 828 g/mol. The van der Waals surface area contributed by atoms with Crippen molar-refractivity contribution in [1.82, 2.24) is 0 Å². The summed E-state index contributed by atoms with van der Waals surface area (Å²) in [6.45, 7) is 0. The molecule has 0 aliphatic heterocycles. The summed E-state index contributed by atoms with van der Waals surface area (Å²) >= 11 is 0. The molecule has 13 heavy (non-hydrogen) atoms. The van der Waals surface area contributed by atoms with E-state index in [1.807, 2.05) is 0 Å². The van der Waals surface area contributed by atoms with Crippen molar-refractivity contribution >= 4 is 97.8 Å². The fourth-order valence-electron chi connectivity index (χ4n) is 0. The van der Waals surface area contributed by atoms with Crippen molar-refractivity contribution in [2.45, 2.75) is 0 Å². The second-order valence-corrected chi connectivity index (χ2v) is 0. The van der Waals surface area contributed by atoms with Crippen LogP contribution in [-0.2, 0) is 72.5 Å². The largest absolute Gasteiger partial charge is 3.00 e. The summed E-state index contributed by atoms with van der Waals surface area (Å²) in [4.78, 5) is 0. The molecule has 0 bridgehead atoms.